The Morgan fingerprint density at radius 3 is 1.36 bits per heavy atom. The molecule has 42 heavy (non-hydrogen) atoms. The number of nitrogens with zero attached hydrogens (tertiary/aromatic N) is 2. The summed E-state index contributed by atoms with van der Waals surface area (Å²) in [5, 5.41) is 11.1. The minimum atomic E-state index is -6.96. The van der Waals surface area contributed by atoms with Gasteiger partial charge >= 0.3 is 53.1 Å². The highest BCUT2D eigenvalue weighted by Gasteiger charge is 2.83. The van der Waals surface area contributed by atoms with E-state index in [4.69, 9.17) is 5.39 Å². The molecule has 236 valence electrons. The van der Waals surface area contributed by atoms with Gasteiger partial charge in [-0.15, -0.1) is 0 Å². The van der Waals surface area contributed by atoms with Crippen molar-refractivity contribution in [3.05, 3.63) is 65.2 Å². The highest BCUT2D eigenvalue weighted by Crippen LogP contribution is 2.57. The summed E-state index contributed by atoms with van der Waals surface area (Å²) >= 11 is 0. The van der Waals surface area contributed by atoms with E-state index >= 15 is 0 Å². The summed E-state index contributed by atoms with van der Waals surface area (Å²) in [6, 6.07) is 1.22. The molecule has 0 saturated heterocycles. The molecule has 0 atom stereocenters. The Kier molecular flexibility index (Phi) is 9.89. The molecule has 0 bridgehead atoms. The molecule has 0 fully saturated rings. The molecule has 2 rings (SSSR count). The second-order valence-electron chi connectivity index (χ2n) is 7.73. The predicted molar refractivity (Wildman–Crippen MR) is 106 cm³/mol. The summed E-state index contributed by atoms with van der Waals surface area (Å²) in [4.78, 5) is 0. The first-order valence-electron chi connectivity index (χ1n) is 10.1. The lowest BCUT2D eigenvalue weighted by Crippen LogP contribution is -2.63. The number of rotatable bonds is 8. The summed E-state index contributed by atoms with van der Waals surface area (Å²) in [6.45, 7) is 0. The number of hydrogen-bond acceptors (Lipinski definition) is 3. The molecular formula is C20H11F18N4+. The first-order valence-corrected chi connectivity index (χ1v) is 10.1. The van der Waals surface area contributed by atoms with Crippen LogP contribution in [0.2, 0.25) is 0 Å². The lowest BCUT2D eigenvalue weighted by atomic mass is 9.96. The number of benzene rings is 2. The van der Waals surface area contributed by atoms with Crippen LogP contribution >= 0.6 is 0 Å². The first-order chi connectivity index (χ1) is 18.6. The first kappa shape index (κ1) is 36.2. The van der Waals surface area contributed by atoms with Gasteiger partial charge < -0.3 is 5.32 Å². The fraction of sp³-hybridized carbons (Fsp3) is 0.400. The molecule has 2 N–H and O–H groups in total. The average Bonchev–Trinajstić information content (AvgIpc) is 2.83. The van der Waals surface area contributed by atoms with E-state index in [1.54, 1.807) is 5.43 Å². The van der Waals surface area contributed by atoms with Crippen LogP contribution in [-0.2, 0) is 5.92 Å². The van der Waals surface area contributed by atoms with Gasteiger partial charge in [-0.05, 0) is 29.7 Å². The largest absolute Gasteiger partial charge is 0.460 e. The molecule has 2 aromatic rings. The van der Waals surface area contributed by atoms with Crippen molar-refractivity contribution in [1.29, 1.82) is 5.39 Å². The Hall–Kier alpha value is -3.80. The molecule has 0 spiro atoms. The molecule has 0 aromatic heterocycles. The van der Waals surface area contributed by atoms with Crippen molar-refractivity contribution in [2.24, 2.45) is 0 Å². The number of hydrogen-bond donors (Lipinski definition) is 2. The average molecular weight is 649 g/mol. The van der Waals surface area contributed by atoms with E-state index in [1.807, 2.05) is 0 Å². The van der Waals surface area contributed by atoms with Crippen molar-refractivity contribution in [1.82, 2.24) is 0 Å². The van der Waals surface area contributed by atoms with Gasteiger partial charge in [0.05, 0.1) is 0 Å². The maximum atomic E-state index is 13.5. The minimum absolute atomic E-state index is 0.139. The normalized spacial score (nSPS) is 13.9. The van der Waals surface area contributed by atoms with Crippen molar-refractivity contribution >= 4 is 11.4 Å². The number of halogens is 18. The van der Waals surface area contributed by atoms with Gasteiger partial charge in [-0.2, -0.15) is 79.0 Å². The Bertz CT molecular complexity index is 1230. The third kappa shape index (κ3) is 6.64. The van der Waals surface area contributed by atoms with E-state index < -0.39 is 64.9 Å². The molecule has 0 heterocycles. The Morgan fingerprint density at radius 1 is 0.500 bits per heavy atom. The fourth-order valence-electron chi connectivity index (χ4n) is 2.55. The highest BCUT2D eigenvalue weighted by molar-refractivity contribution is 5.48. The molecule has 0 aliphatic heterocycles. The smallest absolute Gasteiger partial charge is 0.322 e. The predicted octanol–water partition coefficient (Wildman–Crippen LogP) is 9.32. The van der Waals surface area contributed by atoms with Crippen LogP contribution in [0.3, 0.4) is 0 Å². The van der Waals surface area contributed by atoms with Crippen molar-refractivity contribution < 1.29 is 79.0 Å². The van der Waals surface area contributed by atoms with Gasteiger partial charge in [-0.25, -0.2) is 0 Å². The van der Waals surface area contributed by atoms with Crippen LogP contribution in [0.5, 0.6) is 0 Å². The molecule has 0 aliphatic carbocycles. The molecule has 4 nitrogen and oxygen atoms in total. The minimum Gasteiger partial charge on any atom is -0.322 e. The van der Waals surface area contributed by atoms with Gasteiger partial charge in [-0.3, -0.25) is 0 Å². The van der Waals surface area contributed by atoms with Crippen LogP contribution in [0.15, 0.2) is 54.6 Å². The van der Waals surface area contributed by atoms with Crippen LogP contribution in [0.4, 0.5) is 90.4 Å². The summed E-state index contributed by atoms with van der Waals surface area (Å²) < 4.78 is 227. The second kappa shape index (κ2) is 11.5. The molecule has 0 amide bonds. The monoisotopic (exact) mass is 649 g/mol. The van der Waals surface area contributed by atoms with Crippen LogP contribution in [0.25, 0.3) is 5.08 Å². The van der Waals surface area contributed by atoms with E-state index in [9.17, 15) is 79.0 Å². The zero-order valence-electron chi connectivity index (χ0n) is 19.4. The lowest BCUT2D eigenvalue weighted by molar-refractivity contribution is -0.399. The van der Waals surface area contributed by atoms with Crippen molar-refractivity contribution in [2.45, 2.75) is 48.0 Å². The topological polar surface area (TPSA) is 52.2 Å². The SMILES string of the molecule is FC(F)(F)C(F)(F)C(F)(F)C(F)(F)Nc1ccccc1.N#[N+]Nc1cccc(C(F)(F)C(F)(F)C(F)(F)C(F)(F)F)c1. The Labute approximate surface area is 220 Å². The van der Waals surface area contributed by atoms with Gasteiger partial charge in [0.15, 0.2) is 0 Å². The summed E-state index contributed by atoms with van der Waals surface area (Å²) in [7, 11) is 0. The standard InChI is InChI=1S/C10H5F9N3.C10H6F9N/c11-7(12,5-2-1-3-6(4-5)21-22-20)8(13,14)9(15,16)10(17,18)19;11-7(12,9(15,16)17)8(13,14)10(18,19)20-6-4-2-1-3-5-6/h1-4,21H;1-5,20H/q+1;. The summed E-state index contributed by atoms with van der Waals surface area (Å²) in [6.07, 6.45) is -13.7. The number of diazo groups is 1. The van der Waals surface area contributed by atoms with E-state index in [-0.39, 0.29) is 12.1 Å². The second-order valence-corrected chi connectivity index (χ2v) is 7.73. The van der Waals surface area contributed by atoms with Crippen LogP contribution in [-0.4, -0.2) is 42.1 Å². The van der Waals surface area contributed by atoms with E-state index in [1.165, 1.54) is 6.07 Å². The van der Waals surface area contributed by atoms with Gasteiger partial charge in [0.1, 0.15) is 5.69 Å². The van der Waals surface area contributed by atoms with Crippen LogP contribution in [0, 0.1) is 5.39 Å². The molecule has 0 aliphatic rings. The fourth-order valence-corrected chi connectivity index (χ4v) is 2.55. The Morgan fingerprint density at radius 2 is 0.929 bits per heavy atom. The zero-order chi connectivity index (χ0) is 33.2. The quantitative estimate of drug-likeness (QED) is 0.130. The Balaban J connectivity index is 0.000000422. The van der Waals surface area contributed by atoms with Crippen LogP contribution < -0.4 is 10.7 Å². The van der Waals surface area contributed by atoms with Crippen molar-refractivity contribution in [3.8, 4) is 0 Å². The summed E-state index contributed by atoms with van der Waals surface area (Å²) in [5.74, 6) is -33.1. The maximum Gasteiger partial charge on any atom is 0.460 e. The van der Waals surface area contributed by atoms with Crippen molar-refractivity contribution in [2.75, 3.05) is 10.7 Å². The third-order valence-electron chi connectivity index (χ3n) is 4.77. The van der Waals surface area contributed by atoms with E-state index in [0.717, 1.165) is 30.3 Å². The molecular weight excluding hydrogens is 638 g/mol. The molecule has 0 radical (unpaired) electrons. The van der Waals surface area contributed by atoms with Gasteiger partial charge in [0.25, 0.3) is 5.39 Å². The van der Waals surface area contributed by atoms with Crippen LogP contribution in [0.1, 0.15) is 5.56 Å². The number of para-hydroxylation sites is 1. The van der Waals surface area contributed by atoms with Crippen molar-refractivity contribution in [3.63, 3.8) is 0 Å². The molecule has 2 aromatic carbocycles. The molecule has 0 unspecified atom stereocenters. The third-order valence-corrected chi connectivity index (χ3v) is 4.77. The van der Waals surface area contributed by atoms with Gasteiger partial charge in [0, 0.05) is 11.3 Å². The van der Waals surface area contributed by atoms with Gasteiger partial charge in [0.2, 0.25) is 0 Å². The lowest BCUT2D eigenvalue weighted by Gasteiger charge is -2.34. The van der Waals surface area contributed by atoms with Gasteiger partial charge in [-0.1, -0.05) is 30.3 Å². The zero-order valence-corrected chi connectivity index (χ0v) is 19.4. The summed E-state index contributed by atoms with van der Waals surface area (Å²) in [5.41, 5.74) is -1.47. The van der Waals surface area contributed by atoms with E-state index in [0.29, 0.717) is 11.4 Å². The molecule has 0 saturated carbocycles. The number of anilines is 2. The number of alkyl halides is 18. The highest BCUT2D eigenvalue weighted by atomic mass is 19.4. The maximum absolute atomic E-state index is 13.5. The number of nitrogens with one attached hydrogen (secondary N) is 2. The van der Waals surface area contributed by atoms with E-state index in [2.05, 4.69) is 5.08 Å². The molecule has 22 heteroatoms.